The second kappa shape index (κ2) is 2.12. The van der Waals surface area contributed by atoms with E-state index in [2.05, 4.69) is 24.4 Å². The van der Waals surface area contributed by atoms with Gasteiger partial charge in [0.1, 0.15) is 0 Å². The van der Waals surface area contributed by atoms with Crippen molar-refractivity contribution in [3.63, 3.8) is 0 Å². The van der Waals surface area contributed by atoms with Crippen molar-refractivity contribution in [2.24, 2.45) is 0 Å². The molecule has 0 aromatic carbocycles. The van der Waals surface area contributed by atoms with Crippen LogP contribution < -0.4 is 5.32 Å². The van der Waals surface area contributed by atoms with Gasteiger partial charge in [0, 0.05) is 12.6 Å². The summed E-state index contributed by atoms with van der Waals surface area (Å²) in [6, 6.07) is 0.486. The van der Waals surface area contributed by atoms with Gasteiger partial charge in [-0.05, 0) is 18.6 Å². The summed E-state index contributed by atoms with van der Waals surface area (Å²) in [5.41, 5.74) is 0. The van der Waals surface area contributed by atoms with E-state index in [1.165, 1.54) is 0 Å². The molecule has 1 unspecified atom stereocenters. The molecule has 1 aliphatic rings. The normalized spacial score (nSPS) is 29.0. The Hall–Kier alpha value is -0.300. The highest BCUT2D eigenvalue weighted by molar-refractivity contribution is 4.87. The van der Waals surface area contributed by atoms with Crippen molar-refractivity contribution < 1.29 is 0 Å². The van der Waals surface area contributed by atoms with Crippen LogP contribution in [0.2, 0.25) is 0 Å². The van der Waals surface area contributed by atoms with Crippen LogP contribution >= 0.6 is 0 Å². The van der Waals surface area contributed by atoms with Gasteiger partial charge >= 0.3 is 0 Å². The van der Waals surface area contributed by atoms with Gasteiger partial charge < -0.3 is 5.32 Å². The van der Waals surface area contributed by atoms with E-state index in [0.29, 0.717) is 6.04 Å². The molecule has 1 N–H and O–H groups in total. The molecule has 1 heterocycles. The zero-order valence-corrected chi connectivity index (χ0v) is 4.49. The van der Waals surface area contributed by atoms with Crippen LogP contribution in [0.15, 0.2) is 0 Å². The predicted molar refractivity (Wildman–Crippen MR) is 28.6 cm³/mol. The number of hydrogen-bond acceptors (Lipinski definition) is 1. The number of nitrogens with one attached hydrogen (secondary N) is 1. The quantitative estimate of drug-likeness (QED) is 0.501. The highest BCUT2D eigenvalue weighted by Crippen LogP contribution is 1.94. The first-order valence-electron chi connectivity index (χ1n) is 2.65. The van der Waals surface area contributed by atoms with Crippen LogP contribution in [0.1, 0.15) is 13.3 Å². The largest absolute Gasteiger partial charge is 0.306 e. The fourth-order valence-electron chi connectivity index (χ4n) is 0.646. The van der Waals surface area contributed by atoms with Crippen molar-refractivity contribution in [1.82, 2.24) is 5.32 Å². The number of rotatable bonds is 1. The van der Waals surface area contributed by atoms with Crippen LogP contribution in [0.5, 0.6) is 0 Å². The lowest BCUT2D eigenvalue weighted by Gasteiger charge is -2.00. The molecule has 1 nitrogen and oxygen atoms in total. The summed E-state index contributed by atoms with van der Waals surface area (Å²) in [6.07, 6.45) is 7.14. The van der Waals surface area contributed by atoms with E-state index in [9.17, 15) is 0 Å². The molecule has 1 heteroatoms. The molecule has 0 spiro atoms. The Labute approximate surface area is 44.4 Å². The molecule has 0 fully saturated rings. The molecular formula is C6H9N. The molecular weight excluding hydrogens is 86.1 g/mol. The molecule has 0 aliphatic carbocycles. The molecule has 0 saturated heterocycles. The summed E-state index contributed by atoms with van der Waals surface area (Å²) in [7, 11) is 0. The highest BCUT2D eigenvalue weighted by Gasteiger charge is 2.03. The average molecular weight is 95.1 g/mol. The maximum atomic E-state index is 3.18. The van der Waals surface area contributed by atoms with Crippen LogP contribution in [-0.4, -0.2) is 12.6 Å². The van der Waals surface area contributed by atoms with Crippen LogP contribution in [-0.2, 0) is 0 Å². The third kappa shape index (κ3) is 1.03. The molecule has 0 aromatic heterocycles. The Morgan fingerprint density at radius 1 is 1.86 bits per heavy atom. The first kappa shape index (κ1) is 4.85. The van der Waals surface area contributed by atoms with Crippen molar-refractivity contribution in [1.29, 1.82) is 0 Å². The van der Waals surface area contributed by atoms with Gasteiger partial charge in [-0.3, -0.25) is 0 Å². The van der Waals surface area contributed by atoms with E-state index in [-0.39, 0.29) is 0 Å². The minimum Gasteiger partial charge on any atom is -0.306 e. The second-order valence-corrected chi connectivity index (χ2v) is 1.66. The van der Waals surface area contributed by atoms with Crippen molar-refractivity contribution in [3.8, 4) is 0 Å². The van der Waals surface area contributed by atoms with Gasteiger partial charge in [0.05, 0.1) is 0 Å². The van der Waals surface area contributed by atoms with Gasteiger partial charge in [-0.2, -0.15) is 0 Å². The van der Waals surface area contributed by atoms with Gasteiger partial charge in [-0.1, -0.05) is 6.92 Å². The molecule has 1 aliphatic heterocycles. The molecule has 2 radical (unpaired) electrons. The third-order valence-corrected chi connectivity index (χ3v) is 1.12. The van der Waals surface area contributed by atoms with Gasteiger partial charge in [0.2, 0.25) is 0 Å². The topological polar surface area (TPSA) is 12.0 Å². The monoisotopic (exact) mass is 95.1 g/mol. The Morgan fingerprint density at radius 3 is 3.00 bits per heavy atom. The molecule has 0 aromatic rings. The summed E-state index contributed by atoms with van der Waals surface area (Å²) in [5, 5.41) is 3.18. The summed E-state index contributed by atoms with van der Waals surface area (Å²) in [6.45, 7) is 3.02. The van der Waals surface area contributed by atoms with Crippen LogP contribution in [0.3, 0.4) is 0 Å². The lowest BCUT2D eigenvalue weighted by atomic mass is 10.2. The first-order chi connectivity index (χ1) is 3.43. The summed E-state index contributed by atoms with van der Waals surface area (Å²) in [4.78, 5) is 0. The van der Waals surface area contributed by atoms with Gasteiger partial charge in [0.15, 0.2) is 0 Å². The molecule has 0 amide bonds. The second-order valence-electron chi connectivity index (χ2n) is 1.66. The van der Waals surface area contributed by atoms with E-state index >= 15 is 0 Å². The summed E-state index contributed by atoms with van der Waals surface area (Å²) < 4.78 is 0. The van der Waals surface area contributed by atoms with Gasteiger partial charge in [-0.15, -0.1) is 0 Å². The molecule has 7 heavy (non-hydrogen) atoms. The molecule has 38 valence electrons. The Bertz CT molecular complexity index is 76.2. The Morgan fingerprint density at radius 2 is 2.71 bits per heavy atom. The summed E-state index contributed by atoms with van der Waals surface area (Å²) in [5.74, 6) is 0. The fourth-order valence-corrected chi connectivity index (χ4v) is 0.646. The minimum absolute atomic E-state index is 0.486. The zero-order chi connectivity index (χ0) is 5.11. The van der Waals surface area contributed by atoms with Crippen LogP contribution in [0, 0.1) is 12.2 Å². The smallest absolute Gasteiger partial charge is 0.0327 e. The third-order valence-electron chi connectivity index (χ3n) is 1.12. The van der Waals surface area contributed by atoms with Crippen molar-refractivity contribution in [2.75, 3.05) is 6.54 Å². The fraction of sp³-hybridized carbons (Fsp3) is 0.667. The van der Waals surface area contributed by atoms with Crippen LogP contribution in [0.4, 0.5) is 0 Å². The van der Waals surface area contributed by atoms with Gasteiger partial charge in [0.25, 0.3) is 0 Å². The molecule has 0 bridgehead atoms. The van der Waals surface area contributed by atoms with Gasteiger partial charge in [-0.25, -0.2) is 0 Å². The highest BCUT2D eigenvalue weighted by atomic mass is 14.9. The number of hydrogen-bond donors (Lipinski definition) is 1. The van der Waals surface area contributed by atoms with Crippen LogP contribution in [0.25, 0.3) is 0 Å². The standard InChI is InChI=1S/C6H9N/c1-2-6-4-3-5-7-6/h6-7H,2,5H2,1H3. The first-order valence-corrected chi connectivity index (χ1v) is 2.65. The average Bonchev–Trinajstić information content (AvgIpc) is 2.14. The predicted octanol–water partition coefficient (Wildman–Crippen LogP) is 0.531. The summed E-state index contributed by atoms with van der Waals surface area (Å²) >= 11 is 0. The maximum absolute atomic E-state index is 3.18. The van der Waals surface area contributed by atoms with E-state index in [1.807, 2.05) is 0 Å². The maximum Gasteiger partial charge on any atom is 0.0327 e. The van der Waals surface area contributed by atoms with E-state index in [4.69, 9.17) is 0 Å². The molecule has 1 atom stereocenters. The SMILES string of the molecule is CCC1[C]=[C]CN1. The molecule has 0 saturated carbocycles. The van der Waals surface area contributed by atoms with Crippen molar-refractivity contribution in [2.45, 2.75) is 19.4 Å². The van der Waals surface area contributed by atoms with Crippen molar-refractivity contribution in [3.05, 3.63) is 12.2 Å². The molecule has 1 rings (SSSR count). The zero-order valence-electron chi connectivity index (χ0n) is 4.49. The van der Waals surface area contributed by atoms with E-state index in [0.717, 1.165) is 13.0 Å². The van der Waals surface area contributed by atoms with E-state index in [1.54, 1.807) is 0 Å². The Balaban J connectivity index is 2.28. The lowest BCUT2D eigenvalue weighted by molar-refractivity contribution is 0.638. The van der Waals surface area contributed by atoms with E-state index < -0.39 is 0 Å². The Kier molecular flexibility index (Phi) is 1.47. The van der Waals surface area contributed by atoms with Crippen molar-refractivity contribution >= 4 is 0 Å². The minimum atomic E-state index is 0.486. The lowest BCUT2D eigenvalue weighted by Crippen LogP contribution is -2.20.